The van der Waals surface area contributed by atoms with Gasteiger partial charge in [-0.1, -0.05) is 11.6 Å². The lowest BCUT2D eigenvalue weighted by molar-refractivity contribution is -0.137. The van der Waals surface area contributed by atoms with Gasteiger partial charge in [0.2, 0.25) is 11.8 Å². The molecule has 0 bridgehead atoms. The van der Waals surface area contributed by atoms with Gasteiger partial charge in [-0.05, 0) is 46.0 Å². The monoisotopic (exact) mass is 379 g/mol. The summed E-state index contributed by atoms with van der Waals surface area (Å²) in [6.07, 6.45) is -4.54. The zero-order chi connectivity index (χ0) is 19.4. The van der Waals surface area contributed by atoms with E-state index in [2.05, 4.69) is 10.6 Å². The van der Waals surface area contributed by atoms with Gasteiger partial charge >= 0.3 is 6.18 Å². The predicted octanol–water partition coefficient (Wildman–Crippen LogP) is 3.14. The first kappa shape index (κ1) is 21.2. The van der Waals surface area contributed by atoms with E-state index in [-0.39, 0.29) is 29.2 Å². The number of benzene rings is 1. The third-order valence-electron chi connectivity index (χ3n) is 3.43. The highest BCUT2D eigenvalue weighted by atomic mass is 35.5. The van der Waals surface area contributed by atoms with E-state index in [4.69, 9.17) is 11.6 Å². The van der Waals surface area contributed by atoms with Gasteiger partial charge in [-0.15, -0.1) is 0 Å². The number of hydrogen-bond donors (Lipinski definition) is 2. The molecule has 1 rings (SSSR count). The third-order valence-corrected chi connectivity index (χ3v) is 3.76. The summed E-state index contributed by atoms with van der Waals surface area (Å²) in [6.45, 7) is 5.13. The van der Waals surface area contributed by atoms with Crippen molar-refractivity contribution in [1.29, 1.82) is 0 Å². The van der Waals surface area contributed by atoms with Gasteiger partial charge in [0, 0.05) is 6.04 Å². The minimum absolute atomic E-state index is 0.00578. The molecule has 0 aromatic heterocycles. The molecular weight excluding hydrogens is 359 g/mol. The van der Waals surface area contributed by atoms with Crippen LogP contribution in [0.2, 0.25) is 5.02 Å². The molecule has 140 valence electrons. The van der Waals surface area contributed by atoms with E-state index in [1.165, 1.54) is 4.90 Å². The van der Waals surface area contributed by atoms with Crippen molar-refractivity contribution in [3.63, 3.8) is 0 Å². The van der Waals surface area contributed by atoms with Gasteiger partial charge in [-0.2, -0.15) is 13.2 Å². The first-order chi connectivity index (χ1) is 11.4. The molecule has 0 radical (unpaired) electrons. The Balaban J connectivity index is 2.79. The van der Waals surface area contributed by atoms with Crippen LogP contribution in [0.1, 0.15) is 26.3 Å². The molecule has 1 atom stereocenters. The number of alkyl halides is 3. The Morgan fingerprint density at radius 1 is 1.24 bits per heavy atom. The van der Waals surface area contributed by atoms with Crippen molar-refractivity contribution in [1.82, 2.24) is 10.2 Å². The van der Waals surface area contributed by atoms with Crippen molar-refractivity contribution in [3.8, 4) is 0 Å². The summed E-state index contributed by atoms with van der Waals surface area (Å²) in [5, 5.41) is 5.06. The number of nitrogens with one attached hydrogen (secondary N) is 2. The number of likely N-dealkylation sites (N-methyl/N-ethyl adjacent to an activating group) is 1. The molecule has 0 aliphatic carbocycles. The normalized spacial score (nSPS) is 13.0. The molecule has 5 nitrogen and oxygen atoms in total. The Bertz CT molecular complexity index is 636. The van der Waals surface area contributed by atoms with Gasteiger partial charge in [-0.25, -0.2) is 0 Å². The maximum Gasteiger partial charge on any atom is 0.416 e. The Labute approximate surface area is 149 Å². The molecular formula is C16H21ClF3N3O2. The fraction of sp³-hybridized carbons (Fsp3) is 0.500. The van der Waals surface area contributed by atoms with Crippen LogP contribution in [-0.4, -0.2) is 42.4 Å². The molecule has 0 aliphatic heterocycles. The van der Waals surface area contributed by atoms with Crippen LogP contribution in [0.5, 0.6) is 0 Å². The largest absolute Gasteiger partial charge is 0.416 e. The van der Waals surface area contributed by atoms with E-state index < -0.39 is 23.7 Å². The first-order valence-corrected chi connectivity index (χ1v) is 7.96. The van der Waals surface area contributed by atoms with Crippen LogP contribution < -0.4 is 10.6 Å². The standard InChI is InChI=1S/C16H21ClF3N3O2/c1-9(2)21-14(24)8-23(4)10(3)15(25)22-13-7-11(16(18,19)20)5-6-12(13)17/h5-7,9-10H,8H2,1-4H3,(H,21,24)(H,22,25)/t10-/m0/s1. The highest BCUT2D eigenvalue weighted by Gasteiger charge is 2.31. The Morgan fingerprint density at radius 3 is 2.36 bits per heavy atom. The van der Waals surface area contributed by atoms with Crippen molar-refractivity contribution in [2.75, 3.05) is 18.9 Å². The third kappa shape index (κ3) is 6.55. The van der Waals surface area contributed by atoms with E-state index in [0.29, 0.717) is 0 Å². The second-order valence-corrected chi connectivity index (χ2v) is 6.40. The zero-order valence-corrected chi connectivity index (χ0v) is 15.1. The minimum atomic E-state index is -4.54. The van der Waals surface area contributed by atoms with Gasteiger partial charge in [0.1, 0.15) is 0 Å². The highest BCUT2D eigenvalue weighted by Crippen LogP contribution is 2.33. The zero-order valence-electron chi connectivity index (χ0n) is 14.4. The first-order valence-electron chi connectivity index (χ1n) is 7.59. The quantitative estimate of drug-likeness (QED) is 0.798. The molecule has 25 heavy (non-hydrogen) atoms. The summed E-state index contributed by atoms with van der Waals surface area (Å²) in [6, 6.07) is 1.91. The number of hydrogen-bond acceptors (Lipinski definition) is 3. The van der Waals surface area contributed by atoms with Gasteiger partial charge in [0.15, 0.2) is 0 Å². The average Bonchev–Trinajstić information content (AvgIpc) is 2.46. The summed E-state index contributed by atoms with van der Waals surface area (Å²) in [7, 11) is 1.57. The number of amides is 2. The second kappa shape index (κ2) is 8.53. The number of nitrogens with zero attached hydrogens (tertiary/aromatic N) is 1. The SMILES string of the molecule is CC(C)NC(=O)CN(C)[C@@H](C)C(=O)Nc1cc(C(F)(F)F)ccc1Cl. The topological polar surface area (TPSA) is 61.4 Å². The average molecular weight is 380 g/mol. The van der Waals surface area contributed by atoms with E-state index in [1.54, 1.807) is 14.0 Å². The maximum absolute atomic E-state index is 12.8. The second-order valence-electron chi connectivity index (χ2n) is 5.99. The Hall–Kier alpha value is -1.80. The summed E-state index contributed by atoms with van der Waals surface area (Å²) >= 11 is 5.86. The molecule has 9 heteroatoms. The molecule has 2 N–H and O–H groups in total. The molecule has 0 heterocycles. The van der Waals surface area contributed by atoms with Gasteiger partial charge < -0.3 is 10.6 Å². The van der Waals surface area contributed by atoms with Crippen LogP contribution in [0.4, 0.5) is 18.9 Å². The Kier molecular flexibility index (Phi) is 7.25. The predicted molar refractivity (Wildman–Crippen MR) is 90.5 cm³/mol. The number of halogens is 4. The van der Waals surface area contributed by atoms with Crippen LogP contribution in [0, 0.1) is 0 Å². The molecule has 0 unspecified atom stereocenters. The maximum atomic E-state index is 12.8. The molecule has 2 amide bonds. The fourth-order valence-corrected chi connectivity index (χ4v) is 2.13. The van der Waals surface area contributed by atoms with Crippen molar-refractivity contribution < 1.29 is 22.8 Å². The molecule has 0 saturated heterocycles. The lowest BCUT2D eigenvalue weighted by atomic mass is 10.2. The van der Waals surface area contributed by atoms with Gasteiger partial charge in [0.05, 0.1) is 28.9 Å². The van der Waals surface area contributed by atoms with Crippen LogP contribution in [0.15, 0.2) is 18.2 Å². The molecule has 1 aromatic carbocycles. The molecule has 0 fully saturated rings. The molecule has 1 aromatic rings. The molecule has 0 saturated carbocycles. The van der Waals surface area contributed by atoms with E-state index in [0.717, 1.165) is 18.2 Å². The van der Waals surface area contributed by atoms with Gasteiger partial charge in [-0.3, -0.25) is 14.5 Å². The Morgan fingerprint density at radius 2 is 1.84 bits per heavy atom. The van der Waals surface area contributed by atoms with Gasteiger partial charge in [0.25, 0.3) is 0 Å². The van der Waals surface area contributed by atoms with Crippen molar-refractivity contribution in [2.45, 2.75) is 39.0 Å². The van der Waals surface area contributed by atoms with Crippen LogP contribution >= 0.6 is 11.6 Å². The summed E-state index contributed by atoms with van der Waals surface area (Å²) in [4.78, 5) is 25.5. The fourth-order valence-electron chi connectivity index (χ4n) is 1.97. The van der Waals surface area contributed by atoms with Crippen LogP contribution in [-0.2, 0) is 15.8 Å². The van der Waals surface area contributed by atoms with Crippen LogP contribution in [0.3, 0.4) is 0 Å². The summed E-state index contributed by atoms with van der Waals surface area (Å²) in [5.74, 6) is -0.824. The lowest BCUT2D eigenvalue weighted by Gasteiger charge is -2.24. The van der Waals surface area contributed by atoms with Crippen LogP contribution in [0.25, 0.3) is 0 Å². The van der Waals surface area contributed by atoms with E-state index in [1.807, 2.05) is 13.8 Å². The number of rotatable bonds is 6. The number of anilines is 1. The van der Waals surface area contributed by atoms with Crippen molar-refractivity contribution >= 4 is 29.1 Å². The highest BCUT2D eigenvalue weighted by molar-refractivity contribution is 6.33. The summed E-state index contributed by atoms with van der Waals surface area (Å²) < 4.78 is 38.3. The lowest BCUT2D eigenvalue weighted by Crippen LogP contribution is -2.46. The van der Waals surface area contributed by atoms with Crippen molar-refractivity contribution in [3.05, 3.63) is 28.8 Å². The molecule has 0 aliphatic rings. The number of carbonyl (C=O) groups is 2. The smallest absolute Gasteiger partial charge is 0.353 e. The van der Waals surface area contributed by atoms with Crippen molar-refractivity contribution in [2.24, 2.45) is 0 Å². The molecule has 0 spiro atoms. The van der Waals surface area contributed by atoms with E-state index in [9.17, 15) is 22.8 Å². The summed E-state index contributed by atoms with van der Waals surface area (Å²) in [5.41, 5.74) is -1.04. The number of carbonyl (C=O) groups excluding carboxylic acids is 2. The minimum Gasteiger partial charge on any atom is -0.353 e. The van der Waals surface area contributed by atoms with E-state index >= 15 is 0 Å².